The molecule has 2 saturated heterocycles. The van der Waals surface area contributed by atoms with Crippen molar-refractivity contribution in [2.45, 2.75) is 18.9 Å². The van der Waals surface area contributed by atoms with Gasteiger partial charge in [-0.3, -0.25) is 14.5 Å². The van der Waals surface area contributed by atoms with E-state index in [9.17, 15) is 18.0 Å². The molecule has 0 spiro atoms. The topological polar surface area (TPSA) is 105 Å². The summed E-state index contributed by atoms with van der Waals surface area (Å²) in [7, 11) is -3.01. The molecular weight excluding hydrogens is 334 g/mol. The molecule has 2 N–H and O–H groups in total. The maximum atomic E-state index is 12.1. The zero-order chi connectivity index (χ0) is 17.2. The summed E-state index contributed by atoms with van der Waals surface area (Å²) in [6, 6.07) is -0.298. The van der Waals surface area contributed by atoms with Gasteiger partial charge in [0.05, 0.1) is 36.6 Å². The van der Waals surface area contributed by atoms with Gasteiger partial charge in [0.2, 0.25) is 11.8 Å². The molecule has 3 unspecified atom stereocenters. The molecule has 3 aliphatic rings. The van der Waals surface area contributed by atoms with Crippen molar-refractivity contribution in [3.8, 4) is 0 Å². The third kappa shape index (κ3) is 4.67. The van der Waals surface area contributed by atoms with E-state index in [2.05, 4.69) is 15.5 Å². The highest BCUT2D eigenvalue weighted by atomic mass is 32.2. The number of hydrogen-bond donors (Lipinski definition) is 2. The van der Waals surface area contributed by atoms with Gasteiger partial charge in [-0.15, -0.1) is 0 Å². The van der Waals surface area contributed by atoms with E-state index < -0.39 is 9.84 Å². The Morgan fingerprint density at radius 2 is 1.83 bits per heavy atom. The molecule has 9 heteroatoms. The molecule has 0 aromatic carbocycles. The van der Waals surface area contributed by atoms with Crippen molar-refractivity contribution in [2.75, 3.05) is 50.9 Å². The predicted octanol–water partition coefficient (Wildman–Crippen LogP) is -1.63. The minimum Gasteiger partial charge on any atom is -0.379 e. The van der Waals surface area contributed by atoms with Gasteiger partial charge in [-0.05, 0) is 12.8 Å². The molecule has 0 bridgehead atoms. The van der Waals surface area contributed by atoms with Crippen molar-refractivity contribution in [1.29, 1.82) is 0 Å². The number of rotatable bonds is 6. The van der Waals surface area contributed by atoms with Crippen LogP contribution in [0.15, 0.2) is 0 Å². The number of carbonyl (C=O) groups is 2. The van der Waals surface area contributed by atoms with E-state index in [0.29, 0.717) is 19.4 Å². The highest BCUT2D eigenvalue weighted by Gasteiger charge is 2.48. The summed E-state index contributed by atoms with van der Waals surface area (Å²) in [6.07, 6.45) is 1.02. The standard InChI is InChI=1S/C15H25N3O5S/c19-14(16-2-3-18-4-6-23-7-5-18)12-9-13(12)15(20)17-11-1-8-24(21,22)10-11/h11-13H,1-10H2,(H,16,19)(H,17,20). The fourth-order valence-electron chi connectivity index (χ4n) is 3.28. The highest BCUT2D eigenvalue weighted by Crippen LogP contribution is 2.39. The van der Waals surface area contributed by atoms with E-state index in [1.165, 1.54) is 0 Å². The lowest BCUT2D eigenvalue weighted by Crippen LogP contribution is -2.42. The van der Waals surface area contributed by atoms with Crippen molar-refractivity contribution in [2.24, 2.45) is 11.8 Å². The predicted molar refractivity (Wildman–Crippen MR) is 87.1 cm³/mol. The van der Waals surface area contributed by atoms with Crippen LogP contribution < -0.4 is 10.6 Å². The smallest absolute Gasteiger partial charge is 0.224 e. The third-order valence-corrected chi connectivity index (χ3v) is 6.64. The Morgan fingerprint density at radius 1 is 1.12 bits per heavy atom. The van der Waals surface area contributed by atoms with Crippen LogP contribution in [0.4, 0.5) is 0 Å². The van der Waals surface area contributed by atoms with Crippen molar-refractivity contribution >= 4 is 21.7 Å². The second-order valence-electron chi connectivity index (χ2n) is 6.80. The lowest BCUT2D eigenvalue weighted by atomic mass is 10.2. The van der Waals surface area contributed by atoms with Gasteiger partial charge >= 0.3 is 0 Å². The van der Waals surface area contributed by atoms with Gasteiger partial charge in [0, 0.05) is 32.2 Å². The Labute approximate surface area is 142 Å². The largest absolute Gasteiger partial charge is 0.379 e. The SMILES string of the molecule is O=C(NCCN1CCOCC1)C1CC1C(=O)NC1CCS(=O)(=O)C1. The second-order valence-corrected chi connectivity index (χ2v) is 9.03. The summed E-state index contributed by atoms with van der Waals surface area (Å²) in [5.41, 5.74) is 0. The van der Waals surface area contributed by atoms with Crippen LogP contribution in [0.3, 0.4) is 0 Å². The van der Waals surface area contributed by atoms with E-state index in [1.54, 1.807) is 0 Å². The first-order valence-electron chi connectivity index (χ1n) is 8.53. The maximum absolute atomic E-state index is 12.1. The number of morpholine rings is 1. The minimum atomic E-state index is -3.01. The fourth-order valence-corrected chi connectivity index (χ4v) is 4.96. The van der Waals surface area contributed by atoms with Crippen LogP contribution in [0.1, 0.15) is 12.8 Å². The molecule has 1 aliphatic carbocycles. The van der Waals surface area contributed by atoms with Gasteiger partial charge in [0.15, 0.2) is 9.84 Å². The van der Waals surface area contributed by atoms with Crippen molar-refractivity contribution in [3.63, 3.8) is 0 Å². The lowest BCUT2D eigenvalue weighted by Gasteiger charge is -2.26. The average Bonchev–Trinajstić information content (AvgIpc) is 3.28. The number of ether oxygens (including phenoxy) is 1. The fraction of sp³-hybridized carbons (Fsp3) is 0.867. The molecule has 1 saturated carbocycles. The van der Waals surface area contributed by atoms with Crippen LogP contribution in [-0.4, -0.2) is 82.1 Å². The summed E-state index contributed by atoms with van der Waals surface area (Å²) in [5, 5.41) is 5.66. The molecule has 2 amide bonds. The van der Waals surface area contributed by atoms with Crippen LogP contribution in [0.25, 0.3) is 0 Å². The minimum absolute atomic E-state index is 0.0157. The van der Waals surface area contributed by atoms with E-state index in [-0.39, 0.29) is 41.2 Å². The zero-order valence-electron chi connectivity index (χ0n) is 13.7. The second kappa shape index (κ2) is 7.37. The third-order valence-electron chi connectivity index (χ3n) is 4.87. The lowest BCUT2D eigenvalue weighted by molar-refractivity contribution is -0.127. The van der Waals surface area contributed by atoms with Crippen LogP contribution in [0.5, 0.6) is 0 Å². The molecular formula is C15H25N3O5S. The monoisotopic (exact) mass is 359 g/mol. The number of nitrogens with zero attached hydrogens (tertiary/aromatic N) is 1. The van der Waals surface area contributed by atoms with Crippen molar-refractivity contribution < 1.29 is 22.7 Å². The Bertz CT molecular complexity index is 588. The van der Waals surface area contributed by atoms with Crippen LogP contribution in [0, 0.1) is 11.8 Å². The molecule has 0 aromatic rings. The van der Waals surface area contributed by atoms with Crippen LogP contribution in [-0.2, 0) is 24.2 Å². The first kappa shape index (κ1) is 17.6. The molecule has 3 rings (SSSR count). The molecule has 0 aromatic heterocycles. The van der Waals surface area contributed by atoms with Crippen LogP contribution in [0.2, 0.25) is 0 Å². The number of nitrogens with one attached hydrogen (secondary N) is 2. The molecule has 2 heterocycles. The first-order valence-corrected chi connectivity index (χ1v) is 10.4. The zero-order valence-corrected chi connectivity index (χ0v) is 14.5. The highest BCUT2D eigenvalue weighted by molar-refractivity contribution is 7.91. The van der Waals surface area contributed by atoms with Gasteiger partial charge in [-0.2, -0.15) is 0 Å². The molecule has 3 fully saturated rings. The Kier molecular flexibility index (Phi) is 5.41. The first-order chi connectivity index (χ1) is 11.4. The summed E-state index contributed by atoms with van der Waals surface area (Å²) >= 11 is 0. The number of hydrogen-bond acceptors (Lipinski definition) is 6. The van der Waals surface area contributed by atoms with E-state index in [0.717, 1.165) is 32.8 Å². The Morgan fingerprint density at radius 3 is 2.50 bits per heavy atom. The van der Waals surface area contributed by atoms with E-state index in [4.69, 9.17) is 4.74 Å². The van der Waals surface area contributed by atoms with Crippen molar-refractivity contribution in [1.82, 2.24) is 15.5 Å². The quantitative estimate of drug-likeness (QED) is 0.590. The Balaban J connectivity index is 1.33. The summed E-state index contributed by atoms with van der Waals surface area (Å²) in [5.74, 6) is -0.701. The maximum Gasteiger partial charge on any atom is 0.224 e. The number of carbonyl (C=O) groups excluding carboxylic acids is 2. The van der Waals surface area contributed by atoms with E-state index >= 15 is 0 Å². The van der Waals surface area contributed by atoms with Gasteiger partial charge in [-0.1, -0.05) is 0 Å². The van der Waals surface area contributed by atoms with Gasteiger partial charge < -0.3 is 15.4 Å². The van der Waals surface area contributed by atoms with Gasteiger partial charge in [-0.25, -0.2) is 8.42 Å². The molecule has 3 atom stereocenters. The number of amides is 2. The Hall–Kier alpha value is -1.19. The van der Waals surface area contributed by atoms with E-state index in [1.807, 2.05) is 0 Å². The molecule has 24 heavy (non-hydrogen) atoms. The summed E-state index contributed by atoms with van der Waals surface area (Å²) < 4.78 is 28.1. The molecule has 8 nitrogen and oxygen atoms in total. The average molecular weight is 359 g/mol. The van der Waals surface area contributed by atoms with Gasteiger partial charge in [0.25, 0.3) is 0 Å². The van der Waals surface area contributed by atoms with Gasteiger partial charge in [0.1, 0.15) is 0 Å². The van der Waals surface area contributed by atoms with Crippen molar-refractivity contribution in [3.05, 3.63) is 0 Å². The molecule has 0 radical (unpaired) electrons. The summed E-state index contributed by atoms with van der Waals surface area (Å²) in [6.45, 7) is 4.60. The molecule has 136 valence electrons. The van der Waals surface area contributed by atoms with Crippen LogP contribution >= 0.6 is 0 Å². The number of sulfone groups is 1. The summed E-state index contributed by atoms with van der Waals surface area (Å²) in [4.78, 5) is 26.4. The normalized spacial score (nSPS) is 32.2. The molecule has 2 aliphatic heterocycles.